The van der Waals surface area contributed by atoms with Crippen LogP contribution in [0, 0.1) is 0 Å². The zero-order chi connectivity index (χ0) is 15.5. The number of halogens is 1. The van der Waals surface area contributed by atoms with Crippen LogP contribution in [0.25, 0.3) is 0 Å². The van der Waals surface area contributed by atoms with E-state index in [2.05, 4.69) is 15.9 Å². The third-order valence-corrected chi connectivity index (χ3v) is 5.26. The van der Waals surface area contributed by atoms with Crippen molar-refractivity contribution in [2.75, 3.05) is 27.9 Å². The second-order valence-corrected chi connectivity index (χ2v) is 6.34. The van der Waals surface area contributed by atoms with Gasteiger partial charge in [0.15, 0.2) is 11.5 Å². The number of hydrogen-bond acceptors (Lipinski definition) is 4. The summed E-state index contributed by atoms with van der Waals surface area (Å²) in [5.74, 6) is 2.17. The van der Waals surface area contributed by atoms with Crippen molar-refractivity contribution in [2.45, 2.75) is 37.5 Å². The van der Waals surface area contributed by atoms with Crippen molar-refractivity contribution in [1.29, 1.82) is 0 Å². The van der Waals surface area contributed by atoms with Gasteiger partial charge in [0.05, 0.1) is 21.3 Å². The van der Waals surface area contributed by atoms with E-state index in [1.165, 1.54) is 19.3 Å². The number of benzene rings is 1. The Morgan fingerprint density at radius 2 is 1.67 bits per heavy atom. The lowest BCUT2D eigenvalue weighted by molar-refractivity contribution is 0.282. The lowest BCUT2D eigenvalue weighted by atomic mass is 9.69. The van der Waals surface area contributed by atoms with Gasteiger partial charge in [-0.1, -0.05) is 19.3 Å². The van der Waals surface area contributed by atoms with Crippen molar-refractivity contribution in [1.82, 2.24) is 0 Å². The summed E-state index contributed by atoms with van der Waals surface area (Å²) >= 11 is 3.59. The van der Waals surface area contributed by atoms with E-state index in [1.54, 1.807) is 21.3 Å². The molecule has 0 unspecified atom stereocenters. The quantitative estimate of drug-likeness (QED) is 0.873. The average molecular weight is 358 g/mol. The Balaban J connectivity index is 2.63. The topological polar surface area (TPSA) is 53.7 Å². The monoisotopic (exact) mass is 357 g/mol. The molecule has 0 radical (unpaired) electrons. The third kappa shape index (κ3) is 2.86. The largest absolute Gasteiger partial charge is 0.495 e. The second-order valence-electron chi connectivity index (χ2n) is 5.55. The summed E-state index contributed by atoms with van der Waals surface area (Å²) in [7, 11) is 4.96. The molecule has 0 aliphatic heterocycles. The zero-order valence-corrected chi connectivity index (χ0v) is 14.6. The fourth-order valence-electron chi connectivity index (χ4n) is 3.34. The minimum absolute atomic E-state index is 0.0360. The van der Waals surface area contributed by atoms with Gasteiger partial charge in [-0.3, -0.25) is 0 Å². The van der Waals surface area contributed by atoms with Crippen LogP contribution in [0.4, 0.5) is 0 Å². The van der Waals surface area contributed by atoms with Crippen molar-refractivity contribution >= 4 is 15.9 Å². The lowest BCUT2D eigenvalue weighted by Gasteiger charge is -2.38. The first-order valence-electron chi connectivity index (χ1n) is 7.32. The molecule has 1 fully saturated rings. The molecule has 0 amide bonds. The Bertz CT molecular complexity index is 499. The van der Waals surface area contributed by atoms with Crippen LogP contribution in [0.5, 0.6) is 17.2 Å². The molecule has 0 bridgehead atoms. The molecular formula is C16H24BrNO3. The molecular weight excluding hydrogens is 334 g/mol. The minimum Gasteiger partial charge on any atom is -0.495 e. The highest BCUT2D eigenvalue weighted by molar-refractivity contribution is 9.10. The summed E-state index contributed by atoms with van der Waals surface area (Å²) in [5.41, 5.74) is 7.25. The molecule has 2 N–H and O–H groups in total. The molecule has 0 aromatic heterocycles. The number of rotatable bonds is 5. The number of ether oxygens (including phenoxy) is 3. The number of hydrogen-bond donors (Lipinski definition) is 1. The Hall–Kier alpha value is -0.940. The highest BCUT2D eigenvalue weighted by Gasteiger charge is 2.37. The molecule has 5 heteroatoms. The summed E-state index contributed by atoms with van der Waals surface area (Å²) < 4.78 is 17.4. The van der Waals surface area contributed by atoms with Crippen LogP contribution in [0.1, 0.15) is 37.7 Å². The molecule has 1 aliphatic carbocycles. The van der Waals surface area contributed by atoms with Crippen molar-refractivity contribution < 1.29 is 14.2 Å². The van der Waals surface area contributed by atoms with E-state index in [0.29, 0.717) is 18.0 Å². The minimum atomic E-state index is -0.0360. The van der Waals surface area contributed by atoms with Gasteiger partial charge in [-0.05, 0) is 34.8 Å². The van der Waals surface area contributed by atoms with Crippen molar-refractivity contribution in [3.05, 3.63) is 16.1 Å². The Morgan fingerprint density at radius 1 is 1.05 bits per heavy atom. The zero-order valence-electron chi connectivity index (χ0n) is 13.0. The van der Waals surface area contributed by atoms with Gasteiger partial charge in [-0.2, -0.15) is 0 Å². The molecule has 21 heavy (non-hydrogen) atoms. The smallest absolute Gasteiger partial charge is 0.178 e. The molecule has 4 nitrogen and oxygen atoms in total. The second kappa shape index (κ2) is 6.88. The van der Waals surface area contributed by atoms with Crippen LogP contribution in [-0.4, -0.2) is 27.9 Å². The predicted molar refractivity (Wildman–Crippen MR) is 87.6 cm³/mol. The predicted octanol–water partition coefficient (Wildman–Crippen LogP) is 3.64. The van der Waals surface area contributed by atoms with Gasteiger partial charge in [-0.25, -0.2) is 0 Å². The normalized spacial score (nSPS) is 17.4. The van der Waals surface area contributed by atoms with Gasteiger partial charge in [0, 0.05) is 17.5 Å². The number of nitrogens with two attached hydrogens (primary N) is 1. The van der Waals surface area contributed by atoms with E-state index < -0.39 is 0 Å². The van der Waals surface area contributed by atoms with Crippen LogP contribution >= 0.6 is 15.9 Å². The molecule has 118 valence electrons. The summed E-state index contributed by atoms with van der Waals surface area (Å²) in [4.78, 5) is 0. The summed E-state index contributed by atoms with van der Waals surface area (Å²) in [6, 6.07) is 2.03. The van der Waals surface area contributed by atoms with Gasteiger partial charge >= 0.3 is 0 Å². The van der Waals surface area contributed by atoms with E-state index in [1.807, 2.05) is 6.07 Å². The SMILES string of the molecule is COc1cc(C2(CN)CCCCC2)c(OC)c(Br)c1OC. The lowest BCUT2D eigenvalue weighted by Crippen LogP contribution is -2.37. The van der Waals surface area contributed by atoms with Crippen LogP contribution < -0.4 is 19.9 Å². The van der Waals surface area contributed by atoms with Gasteiger partial charge in [0.1, 0.15) is 10.2 Å². The van der Waals surface area contributed by atoms with Crippen molar-refractivity contribution in [2.24, 2.45) is 5.73 Å². The Morgan fingerprint density at radius 3 is 2.14 bits per heavy atom. The van der Waals surface area contributed by atoms with Crippen LogP contribution in [-0.2, 0) is 5.41 Å². The first-order valence-corrected chi connectivity index (χ1v) is 8.12. The first kappa shape index (κ1) is 16.4. The van der Waals surface area contributed by atoms with Crippen molar-refractivity contribution in [3.8, 4) is 17.2 Å². The van der Waals surface area contributed by atoms with E-state index >= 15 is 0 Å². The average Bonchev–Trinajstić information content (AvgIpc) is 2.54. The summed E-state index contributed by atoms with van der Waals surface area (Å²) in [6.07, 6.45) is 5.85. The van der Waals surface area contributed by atoms with Gasteiger partial charge in [0.25, 0.3) is 0 Å². The van der Waals surface area contributed by atoms with Crippen molar-refractivity contribution in [3.63, 3.8) is 0 Å². The fraction of sp³-hybridized carbons (Fsp3) is 0.625. The van der Waals surface area contributed by atoms with Gasteiger partial charge < -0.3 is 19.9 Å². The van der Waals surface area contributed by atoms with E-state index in [9.17, 15) is 0 Å². The molecule has 0 saturated heterocycles. The molecule has 0 spiro atoms. The standard InChI is InChI=1S/C16H24BrNO3/c1-19-12-9-11(14(20-2)13(17)15(12)21-3)16(10-18)7-5-4-6-8-16/h9H,4-8,10,18H2,1-3H3. The molecule has 0 heterocycles. The maximum Gasteiger partial charge on any atom is 0.178 e. The fourth-order valence-corrected chi connectivity index (χ4v) is 4.07. The molecule has 0 atom stereocenters. The molecule has 1 saturated carbocycles. The summed E-state index contributed by atoms with van der Waals surface area (Å²) in [5, 5.41) is 0. The highest BCUT2D eigenvalue weighted by Crippen LogP contribution is 2.51. The Labute approximate surface area is 135 Å². The van der Waals surface area contributed by atoms with Crippen LogP contribution in [0.3, 0.4) is 0 Å². The maximum absolute atomic E-state index is 6.16. The summed E-state index contributed by atoms with van der Waals surface area (Å²) in [6.45, 7) is 0.616. The van der Waals surface area contributed by atoms with Crippen LogP contribution in [0.15, 0.2) is 10.5 Å². The van der Waals surface area contributed by atoms with E-state index in [-0.39, 0.29) is 5.41 Å². The maximum atomic E-state index is 6.16. The van der Waals surface area contributed by atoms with E-state index in [4.69, 9.17) is 19.9 Å². The third-order valence-electron chi connectivity index (χ3n) is 4.54. The Kier molecular flexibility index (Phi) is 5.38. The highest BCUT2D eigenvalue weighted by atomic mass is 79.9. The number of methoxy groups -OCH3 is 3. The van der Waals surface area contributed by atoms with E-state index in [0.717, 1.165) is 28.6 Å². The molecule has 2 rings (SSSR count). The first-order chi connectivity index (χ1) is 10.1. The molecule has 1 aromatic carbocycles. The molecule has 1 aliphatic rings. The molecule has 1 aromatic rings. The van der Waals surface area contributed by atoms with Gasteiger partial charge in [-0.15, -0.1) is 0 Å². The van der Waals surface area contributed by atoms with Crippen LogP contribution in [0.2, 0.25) is 0 Å². The van der Waals surface area contributed by atoms with Gasteiger partial charge in [0.2, 0.25) is 0 Å².